The van der Waals surface area contributed by atoms with Crippen LogP contribution >= 0.6 is 0 Å². The number of rotatable bonds is 6. The van der Waals surface area contributed by atoms with Gasteiger partial charge in [-0.05, 0) is 37.3 Å². The topological polar surface area (TPSA) is 54.9 Å². The summed E-state index contributed by atoms with van der Waals surface area (Å²) in [5.74, 6) is -0.0982. The largest absolute Gasteiger partial charge is 0.490 e. The number of carbonyl (C=O) groups is 1. The van der Waals surface area contributed by atoms with E-state index < -0.39 is 6.61 Å². The third-order valence-corrected chi connectivity index (χ3v) is 4.30. The summed E-state index contributed by atoms with van der Waals surface area (Å²) in [7, 11) is 0. The zero-order valence-electron chi connectivity index (χ0n) is 15.0. The summed E-state index contributed by atoms with van der Waals surface area (Å²) in [4.78, 5) is 20.7. The Labute approximate surface area is 156 Å². The molecule has 3 rings (SSSR count). The standard InChI is InChI=1S/C19H21F2N3O3/c1-2-26-17-13-14(3-4-16(17)27-19(20)21)18(25)24-11-9-23(10-12-24)15-5-7-22-8-6-15/h3-8,13,19H,2,9-12H2,1H3. The van der Waals surface area contributed by atoms with E-state index in [1.165, 1.54) is 18.2 Å². The Morgan fingerprint density at radius 1 is 1.11 bits per heavy atom. The minimum absolute atomic E-state index is 0.0779. The Kier molecular flexibility index (Phi) is 6.05. The Bertz CT molecular complexity index is 766. The average molecular weight is 377 g/mol. The summed E-state index contributed by atoms with van der Waals surface area (Å²) in [5.41, 5.74) is 1.46. The van der Waals surface area contributed by atoms with Gasteiger partial charge < -0.3 is 19.3 Å². The van der Waals surface area contributed by atoms with Gasteiger partial charge in [-0.25, -0.2) is 0 Å². The third-order valence-electron chi connectivity index (χ3n) is 4.30. The number of carbonyl (C=O) groups excluding carboxylic acids is 1. The van der Waals surface area contributed by atoms with E-state index in [0.717, 1.165) is 5.69 Å². The maximum Gasteiger partial charge on any atom is 0.387 e. The number of piperazine rings is 1. The molecule has 27 heavy (non-hydrogen) atoms. The number of aromatic nitrogens is 1. The molecule has 2 heterocycles. The molecule has 0 aliphatic carbocycles. The van der Waals surface area contributed by atoms with Crippen LogP contribution < -0.4 is 14.4 Å². The fourth-order valence-electron chi connectivity index (χ4n) is 3.01. The molecule has 1 aromatic carbocycles. The average Bonchev–Trinajstić information content (AvgIpc) is 2.69. The van der Waals surface area contributed by atoms with E-state index in [1.807, 2.05) is 12.1 Å². The number of hydrogen-bond acceptors (Lipinski definition) is 5. The van der Waals surface area contributed by atoms with Crippen molar-refractivity contribution in [2.24, 2.45) is 0 Å². The fraction of sp³-hybridized carbons (Fsp3) is 0.368. The molecule has 6 nitrogen and oxygen atoms in total. The van der Waals surface area contributed by atoms with E-state index in [9.17, 15) is 13.6 Å². The van der Waals surface area contributed by atoms with Crippen molar-refractivity contribution < 1.29 is 23.0 Å². The third kappa shape index (κ3) is 4.64. The molecule has 1 fully saturated rings. The molecular formula is C19H21F2N3O3. The predicted octanol–water partition coefficient (Wildman–Crippen LogP) is 3.04. The number of halogens is 2. The molecule has 1 aliphatic heterocycles. The molecule has 0 atom stereocenters. The second kappa shape index (κ2) is 8.66. The van der Waals surface area contributed by atoms with Gasteiger partial charge in [-0.3, -0.25) is 9.78 Å². The van der Waals surface area contributed by atoms with E-state index in [-0.39, 0.29) is 24.0 Å². The van der Waals surface area contributed by atoms with Crippen LogP contribution in [-0.2, 0) is 0 Å². The van der Waals surface area contributed by atoms with Gasteiger partial charge in [0, 0.05) is 49.8 Å². The number of pyridine rings is 1. The second-order valence-electron chi connectivity index (χ2n) is 5.96. The maximum atomic E-state index is 12.8. The lowest BCUT2D eigenvalue weighted by Crippen LogP contribution is -2.48. The van der Waals surface area contributed by atoms with Crippen molar-refractivity contribution >= 4 is 11.6 Å². The summed E-state index contributed by atoms with van der Waals surface area (Å²) in [6.07, 6.45) is 3.48. The number of amides is 1. The first kappa shape index (κ1) is 18.9. The summed E-state index contributed by atoms with van der Waals surface area (Å²) in [6.45, 7) is 1.62. The Morgan fingerprint density at radius 2 is 1.81 bits per heavy atom. The van der Waals surface area contributed by atoms with Crippen molar-refractivity contribution in [3.8, 4) is 11.5 Å². The van der Waals surface area contributed by atoms with Crippen LogP contribution in [0.15, 0.2) is 42.7 Å². The maximum absolute atomic E-state index is 12.8. The summed E-state index contributed by atoms with van der Waals surface area (Å²) >= 11 is 0. The number of ether oxygens (including phenoxy) is 2. The number of benzene rings is 1. The predicted molar refractivity (Wildman–Crippen MR) is 96.6 cm³/mol. The Morgan fingerprint density at radius 3 is 2.44 bits per heavy atom. The molecule has 1 aliphatic rings. The molecule has 8 heteroatoms. The van der Waals surface area contributed by atoms with E-state index in [1.54, 1.807) is 24.2 Å². The fourth-order valence-corrected chi connectivity index (χ4v) is 3.01. The molecule has 1 saturated heterocycles. The van der Waals surface area contributed by atoms with Crippen LogP contribution in [0.4, 0.5) is 14.5 Å². The first-order chi connectivity index (χ1) is 13.1. The van der Waals surface area contributed by atoms with Gasteiger partial charge in [0.2, 0.25) is 0 Å². The molecule has 0 saturated carbocycles. The molecule has 1 amide bonds. The number of alkyl halides is 2. The zero-order chi connectivity index (χ0) is 19.2. The van der Waals surface area contributed by atoms with Crippen LogP contribution in [0.1, 0.15) is 17.3 Å². The lowest BCUT2D eigenvalue weighted by molar-refractivity contribution is -0.0514. The lowest BCUT2D eigenvalue weighted by Gasteiger charge is -2.36. The van der Waals surface area contributed by atoms with Crippen LogP contribution in [0.25, 0.3) is 0 Å². The smallest absolute Gasteiger partial charge is 0.387 e. The minimum Gasteiger partial charge on any atom is -0.490 e. The van der Waals surface area contributed by atoms with Gasteiger partial charge in [-0.1, -0.05) is 0 Å². The summed E-state index contributed by atoms with van der Waals surface area (Å²) in [5, 5.41) is 0. The van der Waals surface area contributed by atoms with Gasteiger partial charge in [0.1, 0.15) is 0 Å². The van der Waals surface area contributed by atoms with Gasteiger partial charge in [0.15, 0.2) is 11.5 Å². The number of anilines is 1. The summed E-state index contributed by atoms with van der Waals surface area (Å²) in [6, 6.07) is 8.16. The highest BCUT2D eigenvalue weighted by molar-refractivity contribution is 5.95. The molecule has 0 bridgehead atoms. The van der Waals surface area contributed by atoms with Crippen molar-refractivity contribution in [2.75, 3.05) is 37.7 Å². The van der Waals surface area contributed by atoms with Gasteiger partial charge in [-0.15, -0.1) is 0 Å². The first-order valence-corrected chi connectivity index (χ1v) is 8.74. The van der Waals surface area contributed by atoms with Crippen molar-refractivity contribution in [2.45, 2.75) is 13.5 Å². The highest BCUT2D eigenvalue weighted by atomic mass is 19.3. The molecule has 0 spiro atoms. The quantitative estimate of drug-likeness (QED) is 0.775. The normalized spacial score (nSPS) is 14.4. The van der Waals surface area contributed by atoms with E-state index in [4.69, 9.17) is 4.74 Å². The van der Waals surface area contributed by atoms with Crippen LogP contribution in [0.3, 0.4) is 0 Å². The van der Waals surface area contributed by atoms with Gasteiger partial charge in [-0.2, -0.15) is 8.78 Å². The summed E-state index contributed by atoms with van der Waals surface area (Å²) < 4.78 is 34.8. The zero-order valence-corrected chi connectivity index (χ0v) is 15.0. The molecular weight excluding hydrogens is 356 g/mol. The van der Waals surface area contributed by atoms with Crippen molar-refractivity contribution in [3.05, 3.63) is 48.3 Å². The van der Waals surface area contributed by atoms with Gasteiger partial charge in [0.25, 0.3) is 5.91 Å². The molecule has 2 aromatic rings. The van der Waals surface area contributed by atoms with Crippen LogP contribution in [0.2, 0.25) is 0 Å². The van der Waals surface area contributed by atoms with Crippen LogP contribution in [0, 0.1) is 0 Å². The monoisotopic (exact) mass is 377 g/mol. The number of nitrogens with zero attached hydrogens (tertiary/aromatic N) is 3. The molecule has 144 valence electrons. The van der Waals surface area contributed by atoms with Crippen LogP contribution in [0.5, 0.6) is 11.5 Å². The first-order valence-electron chi connectivity index (χ1n) is 8.74. The Hall–Kier alpha value is -2.90. The van der Waals surface area contributed by atoms with E-state index in [2.05, 4.69) is 14.6 Å². The SMILES string of the molecule is CCOc1cc(C(=O)N2CCN(c3ccncc3)CC2)ccc1OC(F)F. The van der Waals surface area contributed by atoms with E-state index >= 15 is 0 Å². The van der Waals surface area contributed by atoms with Crippen molar-refractivity contribution in [3.63, 3.8) is 0 Å². The number of hydrogen-bond donors (Lipinski definition) is 0. The molecule has 0 radical (unpaired) electrons. The lowest BCUT2D eigenvalue weighted by atomic mass is 10.1. The minimum atomic E-state index is -2.95. The van der Waals surface area contributed by atoms with E-state index in [0.29, 0.717) is 31.7 Å². The molecule has 1 aromatic heterocycles. The molecule has 0 unspecified atom stereocenters. The Balaban J connectivity index is 1.68. The second-order valence-corrected chi connectivity index (χ2v) is 5.96. The van der Waals surface area contributed by atoms with Gasteiger partial charge >= 0.3 is 6.61 Å². The van der Waals surface area contributed by atoms with Crippen molar-refractivity contribution in [1.82, 2.24) is 9.88 Å². The van der Waals surface area contributed by atoms with Crippen LogP contribution in [-0.4, -0.2) is 55.2 Å². The highest BCUT2D eigenvalue weighted by Crippen LogP contribution is 2.30. The highest BCUT2D eigenvalue weighted by Gasteiger charge is 2.23. The van der Waals surface area contributed by atoms with Crippen molar-refractivity contribution in [1.29, 1.82) is 0 Å². The molecule has 0 N–H and O–H groups in total. The van der Waals surface area contributed by atoms with Gasteiger partial charge in [0.05, 0.1) is 6.61 Å².